The Morgan fingerprint density at radius 2 is 2.15 bits per heavy atom. The van der Waals surface area contributed by atoms with E-state index in [1.165, 1.54) is 17.4 Å². The number of ether oxygens (including phenoxy) is 3. The lowest BCUT2D eigenvalue weighted by molar-refractivity contribution is -0.139. The van der Waals surface area contributed by atoms with Gasteiger partial charge in [-0.1, -0.05) is 5.16 Å². The summed E-state index contributed by atoms with van der Waals surface area (Å²) >= 11 is 1.53. The van der Waals surface area contributed by atoms with Gasteiger partial charge in [-0.15, -0.1) is 0 Å². The quantitative estimate of drug-likeness (QED) is 0.463. The van der Waals surface area contributed by atoms with Crippen LogP contribution in [-0.4, -0.2) is 30.3 Å². The molecular weight excluding hydrogens is 356 g/mol. The summed E-state index contributed by atoms with van der Waals surface area (Å²) in [5.41, 5.74) is 1.57. The van der Waals surface area contributed by atoms with Gasteiger partial charge in [-0.05, 0) is 29.7 Å². The lowest BCUT2D eigenvalue weighted by Gasteiger charge is -2.07. The Morgan fingerprint density at radius 3 is 2.88 bits per heavy atom. The summed E-state index contributed by atoms with van der Waals surface area (Å²) in [6, 6.07) is 7.17. The molecule has 0 saturated carbocycles. The van der Waals surface area contributed by atoms with Crippen LogP contribution in [0.1, 0.15) is 11.4 Å². The smallest absolute Gasteiger partial charge is 0.331 e. The Morgan fingerprint density at radius 1 is 1.27 bits per heavy atom. The van der Waals surface area contributed by atoms with Crippen LogP contribution in [0.3, 0.4) is 0 Å². The molecule has 134 valence electrons. The summed E-state index contributed by atoms with van der Waals surface area (Å²) in [5, 5.41) is 7.60. The third kappa shape index (κ3) is 4.28. The van der Waals surface area contributed by atoms with Crippen molar-refractivity contribution < 1.29 is 23.5 Å². The molecule has 0 radical (unpaired) electrons. The average molecular weight is 372 g/mol. The predicted octanol–water partition coefficient (Wildman–Crippen LogP) is 3.57. The maximum atomic E-state index is 11.9. The van der Waals surface area contributed by atoms with Gasteiger partial charge < -0.3 is 18.7 Å². The molecule has 0 aliphatic heterocycles. The van der Waals surface area contributed by atoms with Crippen molar-refractivity contribution in [3.05, 3.63) is 52.5 Å². The molecule has 0 amide bonds. The minimum Gasteiger partial charge on any atom is -0.497 e. The normalized spacial score (nSPS) is 10.8. The second kappa shape index (κ2) is 8.30. The lowest BCUT2D eigenvalue weighted by Crippen LogP contribution is -2.02. The molecule has 0 fully saturated rings. The van der Waals surface area contributed by atoms with Crippen molar-refractivity contribution in [3.63, 3.8) is 0 Å². The molecule has 0 aliphatic carbocycles. The number of benzene rings is 1. The molecule has 0 aliphatic rings. The number of rotatable bonds is 7. The van der Waals surface area contributed by atoms with Crippen LogP contribution in [0.15, 0.2) is 45.6 Å². The Bertz CT molecular complexity index is 902. The largest absolute Gasteiger partial charge is 0.497 e. The summed E-state index contributed by atoms with van der Waals surface area (Å²) in [4.78, 5) is 16.1. The number of hydrogen-bond donors (Lipinski definition) is 0. The van der Waals surface area contributed by atoms with Crippen LogP contribution in [0, 0.1) is 0 Å². The van der Waals surface area contributed by atoms with Crippen molar-refractivity contribution in [1.29, 1.82) is 0 Å². The highest BCUT2D eigenvalue weighted by Gasteiger charge is 2.10. The Hall–Kier alpha value is -3.13. The highest BCUT2D eigenvalue weighted by Crippen LogP contribution is 2.25. The van der Waals surface area contributed by atoms with Crippen LogP contribution in [0.4, 0.5) is 0 Å². The van der Waals surface area contributed by atoms with Crippen LogP contribution in [0.2, 0.25) is 0 Å². The first-order valence-corrected chi connectivity index (χ1v) is 8.56. The van der Waals surface area contributed by atoms with E-state index in [0.717, 1.165) is 11.1 Å². The molecule has 3 aromatic rings. The number of hydrogen-bond acceptors (Lipinski definition) is 8. The van der Waals surface area contributed by atoms with Crippen molar-refractivity contribution in [2.24, 2.45) is 0 Å². The van der Waals surface area contributed by atoms with E-state index in [-0.39, 0.29) is 6.61 Å². The van der Waals surface area contributed by atoms with Gasteiger partial charge in [0.05, 0.1) is 19.8 Å². The highest BCUT2D eigenvalue weighted by molar-refractivity contribution is 7.08. The monoisotopic (exact) mass is 372 g/mol. The molecule has 2 aromatic heterocycles. The van der Waals surface area contributed by atoms with E-state index in [1.807, 2.05) is 16.8 Å². The Labute approximate surface area is 153 Å². The van der Waals surface area contributed by atoms with Crippen molar-refractivity contribution in [3.8, 4) is 23.0 Å². The standard InChI is InChI=1S/C18H16N2O5S/c1-22-14-5-3-12(15(9-14)23-2)4-6-17(21)24-10-16-19-18(25-20-16)13-7-8-26-11-13/h3-9,11H,10H2,1-2H3/b6-4+. The molecule has 26 heavy (non-hydrogen) atoms. The van der Waals surface area contributed by atoms with Gasteiger partial charge in [0, 0.05) is 23.1 Å². The van der Waals surface area contributed by atoms with E-state index in [4.69, 9.17) is 18.7 Å². The SMILES string of the molecule is COc1ccc(/C=C/C(=O)OCc2noc(-c3ccsc3)n2)c(OC)c1. The van der Waals surface area contributed by atoms with Crippen LogP contribution >= 0.6 is 11.3 Å². The molecule has 0 unspecified atom stereocenters. The number of methoxy groups -OCH3 is 2. The number of nitrogens with zero attached hydrogens (tertiary/aromatic N) is 2. The van der Waals surface area contributed by atoms with Crippen molar-refractivity contribution in [2.45, 2.75) is 6.61 Å². The van der Waals surface area contributed by atoms with Gasteiger partial charge in [0.1, 0.15) is 11.5 Å². The summed E-state index contributed by atoms with van der Waals surface area (Å²) in [7, 11) is 3.12. The van der Waals surface area contributed by atoms with E-state index < -0.39 is 5.97 Å². The van der Waals surface area contributed by atoms with Crippen molar-refractivity contribution in [2.75, 3.05) is 14.2 Å². The fraction of sp³-hybridized carbons (Fsp3) is 0.167. The number of thiophene rings is 1. The third-order valence-corrected chi connectivity index (χ3v) is 4.10. The fourth-order valence-corrected chi connectivity index (χ4v) is 2.74. The Balaban J connectivity index is 1.58. The van der Waals surface area contributed by atoms with Gasteiger partial charge in [-0.3, -0.25) is 0 Å². The molecule has 0 bridgehead atoms. The number of aromatic nitrogens is 2. The third-order valence-electron chi connectivity index (χ3n) is 3.42. The second-order valence-electron chi connectivity index (χ2n) is 5.08. The highest BCUT2D eigenvalue weighted by atomic mass is 32.1. The number of carbonyl (C=O) groups is 1. The molecule has 1 aromatic carbocycles. The first-order chi connectivity index (χ1) is 12.7. The minimum atomic E-state index is -0.523. The van der Waals surface area contributed by atoms with Gasteiger partial charge in [-0.25, -0.2) is 4.79 Å². The summed E-state index contributed by atoms with van der Waals surface area (Å²) < 4.78 is 20.7. The van der Waals surface area contributed by atoms with Crippen LogP contribution in [-0.2, 0) is 16.1 Å². The van der Waals surface area contributed by atoms with E-state index in [9.17, 15) is 4.79 Å². The van der Waals surface area contributed by atoms with Crippen LogP contribution in [0.5, 0.6) is 11.5 Å². The molecular formula is C18H16N2O5S. The summed E-state index contributed by atoms with van der Waals surface area (Å²) in [6.07, 6.45) is 2.91. The number of esters is 1. The lowest BCUT2D eigenvalue weighted by atomic mass is 10.2. The molecule has 0 spiro atoms. The Kier molecular flexibility index (Phi) is 5.65. The molecule has 0 atom stereocenters. The van der Waals surface area contributed by atoms with Crippen molar-refractivity contribution in [1.82, 2.24) is 10.1 Å². The zero-order valence-electron chi connectivity index (χ0n) is 14.2. The maximum Gasteiger partial charge on any atom is 0.331 e. The first kappa shape index (κ1) is 17.7. The second-order valence-corrected chi connectivity index (χ2v) is 5.86. The molecule has 0 N–H and O–H groups in total. The zero-order valence-corrected chi connectivity index (χ0v) is 15.0. The summed E-state index contributed by atoms with van der Waals surface area (Å²) in [6.45, 7) is -0.0729. The van der Waals surface area contributed by atoms with E-state index >= 15 is 0 Å². The molecule has 0 saturated heterocycles. The molecule has 8 heteroatoms. The van der Waals surface area contributed by atoms with Crippen LogP contribution in [0.25, 0.3) is 17.5 Å². The topological polar surface area (TPSA) is 83.7 Å². The van der Waals surface area contributed by atoms with Gasteiger partial charge in [0.25, 0.3) is 5.89 Å². The van der Waals surface area contributed by atoms with E-state index in [1.54, 1.807) is 38.5 Å². The molecule has 7 nitrogen and oxygen atoms in total. The van der Waals surface area contributed by atoms with Crippen molar-refractivity contribution >= 4 is 23.4 Å². The van der Waals surface area contributed by atoms with Crippen LogP contribution < -0.4 is 9.47 Å². The zero-order chi connectivity index (χ0) is 18.4. The van der Waals surface area contributed by atoms with E-state index in [2.05, 4.69) is 10.1 Å². The predicted molar refractivity (Wildman–Crippen MR) is 96.0 cm³/mol. The molecule has 3 rings (SSSR count). The number of carbonyl (C=O) groups excluding carboxylic acids is 1. The fourth-order valence-electron chi connectivity index (χ4n) is 2.11. The summed E-state index contributed by atoms with van der Waals surface area (Å²) in [5.74, 6) is 1.43. The first-order valence-electron chi connectivity index (χ1n) is 7.61. The van der Waals surface area contributed by atoms with Gasteiger partial charge >= 0.3 is 5.97 Å². The van der Waals surface area contributed by atoms with Gasteiger partial charge in [0.15, 0.2) is 6.61 Å². The average Bonchev–Trinajstić information content (AvgIpc) is 3.35. The maximum absolute atomic E-state index is 11.9. The molecule has 2 heterocycles. The van der Waals surface area contributed by atoms with E-state index in [0.29, 0.717) is 23.2 Å². The van der Waals surface area contributed by atoms with Gasteiger partial charge in [-0.2, -0.15) is 16.3 Å². The minimum absolute atomic E-state index is 0.0729. The van der Waals surface area contributed by atoms with Gasteiger partial charge in [0.2, 0.25) is 5.82 Å².